The molecule has 0 bridgehead atoms. The summed E-state index contributed by atoms with van der Waals surface area (Å²) in [6, 6.07) is 1.70. The van der Waals surface area contributed by atoms with Crippen LogP contribution in [-0.4, -0.2) is 46.3 Å². The van der Waals surface area contributed by atoms with Gasteiger partial charge in [-0.3, -0.25) is 14.3 Å². The van der Waals surface area contributed by atoms with Crippen LogP contribution < -0.4 is 0 Å². The third-order valence-electron chi connectivity index (χ3n) is 2.52. The fourth-order valence-corrected chi connectivity index (χ4v) is 1.66. The number of nitrogens with zero attached hydrogens (tertiary/aromatic N) is 3. The monoisotopic (exact) mass is 253 g/mol. The van der Waals surface area contributed by atoms with Gasteiger partial charge in [0.2, 0.25) is 0 Å². The molecular formula is C12H19N3O3. The van der Waals surface area contributed by atoms with Crippen molar-refractivity contribution in [1.82, 2.24) is 14.7 Å². The fraction of sp³-hybridized carbons (Fsp3) is 0.583. The molecule has 0 aliphatic rings. The molecule has 18 heavy (non-hydrogen) atoms. The van der Waals surface area contributed by atoms with Gasteiger partial charge in [0.1, 0.15) is 12.2 Å². The molecule has 6 heteroatoms. The minimum atomic E-state index is -0.397. The van der Waals surface area contributed by atoms with E-state index in [9.17, 15) is 9.59 Å². The van der Waals surface area contributed by atoms with Gasteiger partial charge in [-0.2, -0.15) is 5.10 Å². The molecule has 1 amide bonds. The predicted molar refractivity (Wildman–Crippen MR) is 66.2 cm³/mol. The number of ether oxygens (including phenoxy) is 1. The van der Waals surface area contributed by atoms with Crippen molar-refractivity contribution in [1.29, 1.82) is 0 Å². The minimum Gasteiger partial charge on any atom is -0.465 e. The first kappa shape index (κ1) is 14.2. The molecular weight excluding hydrogens is 234 g/mol. The summed E-state index contributed by atoms with van der Waals surface area (Å²) in [5.74, 6) is -0.611. The molecule has 1 rings (SSSR count). The Labute approximate surface area is 107 Å². The number of likely N-dealkylation sites (N-methyl/N-ethyl adjacent to an activating group) is 1. The Morgan fingerprint density at radius 3 is 2.56 bits per heavy atom. The highest BCUT2D eigenvalue weighted by atomic mass is 16.5. The largest absolute Gasteiger partial charge is 0.465 e. The van der Waals surface area contributed by atoms with Crippen molar-refractivity contribution in [2.75, 3.05) is 19.7 Å². The van der Waals surface area contributed by atoms with E-state index < -0.39 is 5.97 Å². The lowest BCUT2D eigenvalue weighted by Crippen LogP contribution is -2.37. The standard InChI is InChI=1S/C12H19N3O3/c1-5-15(8-11(16)18-6-2)12(17)10-7-9(3)13-14(10)4/h7H,5-6,8H2,1-4H3. The quantitative estimate of drug-likeness (QED) is 0.726. The van der Waals surface area contributed by atoms with Crippen molar-refractivity contribution in [2.24, 2.45) is 7.05 Å². The Balaban J connectivity index is 2.79. The molecule has 0 aliphatic carbocycles. The molecule has 0 spiro atoms. The minimum absolute atomic E-state index is 0.0343. The van der Waals surface area contributed by atoms with Gasteiger partial charge in [0.05, 0.1) is 12.3 Å². The number of esters is 1. The number of carbonyl (C=O) groups excluding carboxylic acids is 2. The van der Waals surface area contributed by atoms with Crippen molar-refractivity contribution in [3.05, 3.63) is 17.5 Å². The topological polar surface area (TPSA) is 64.4 Å². The number of hydrogen-bond donors (Lipinski definition) is 0. The van der Waals surface area contributed by atoms with Gasteiger partial charge in [0, 0.05) is 13.6 Å². The van der Waals surface area contributed by atoms with Crippen LogP contribution in [0.1, 0.15) is 30.0 Å². The molecule has 0 N–H and O–H groups in total. The summed E-state index contributed by atoms with van der Waals surface area (Å²) in [5.41, 5.74) is 1.24. The van der Waals surface area contributed by atoms with Crippen molar-refractivity contribution >= 4 is 11.9 Å². The van der Waals surface area contributed by atoms with Crippen molar-refractivity contribution in [3.8, 4) is 0 Å². The normalized spacial score (nSPS) is 10.2. The summed E-state index contributed by atoms with van der Waals surface area (Å²) in [6.45, 7) is 6.10. The molecule has 100 valence electrons. The molecule has 0 unspecified atom stereocenters. The maximum Gasteiger partial charge on any atom is 0.325 e. The van der Waals surface area contributed by atoms with Crippen LogP contribution in [0.4, 0.5) is 0 Å². The number of carbonyl (C=O) groups is 2. The Morgan fingerprint density at radius 2 is 2.11 bits per heavy atom. The highest BCUT2D eigenvalue weighted by Crippen LogP contribution is 2.06. The highest BCUT2D eigenvalue weighted by molar-refractivity contribution is 5.94. The zero-order chi connectivity index (χ0) is 13.7. The van der Waals surface area contributed by atoms with E-state index in [0.717, 1.165) is 5.69 Å². The summed E-state index contributed by atoms with van der Waals surface area (Å²) in [6.07, 6.45) is 0. The van der Waals surface area contributed by atoms with Gasteiger partial charge >= 0.3 is 5.97 Å². The predicted octanol–water partition coefficient (Wildman–Crippen LogP) is 0.754. The van der Waals surface area contributed by atoms with E-state index in [4.69, 9.17) is 4.74 Å². The van der Waals surface area contributed by atoms with Gasteiger partial charge in [0.15, 0.2) is 0 Å². The number of hydrogen-bond acceptors (Lipinski definition) is 4. The van der Waals surface area contributed by atoms with Crippen LogP contribution in [-0.2, 0) is 16.6 Å². The lowest BCUT2D eigenvalue weighted by Gasteiger charge is -2.19. The summed E-state index contributed by atoms with van der Waals surface area (Å²) in [4.78, 5) is 25.0. The molecule has 1 heterocycles. The smallest absolute Gasteiger partial charge is 0.325 e. The van der Waals surface area contributed by atoms with E-state index in [1.807, 2.05) is 13.8 Å². The van der Waals surface area contributed by atoms with Crippen LogP contribution in [0, 0.1) is 6.92 Å². The van der Waals surface area contributed by atoms with E-state index in [1.165, 1.54) is 9.58 Å². The first-order valence-corrected chi connectivity index (χ1v) is 5.95. The second-order valence-electron chi connectivity index (χ2n) is 3.92. The van der Waals surface area contributed by atoms with Crippen LogP contribution in [0.5, 0.6) is 0 Å². The average Bonchev–Trinajstić information content (AvgIpc) is 2.65. The van der Waals surface area contributed by atoms with E-state index in [-0.39, 0.29) is 12.5 Å². The Bertz CT molecular complexity index is 440. The van der Waals surface area contributed by atoms with Crippen LogP contribution >= 0.6 is 0 Å². The van der Waals surface area contributed by atoms with Crippen LogP contribution in [0.2, 0.25) is 0 Å². The van der Waals surface area contributed by atoms with Crippen molar-refractivity contribution in [2.45, 2.75) is 20.8 Å². The first-order chi connectivity index (χ1) is 8.49. The Morgan fingerprint density at radius 1 is 1.44 bits per heavy atom. The average molecular weight is 253 g/mol. The number of rotatable bonds is 5. The molecule has 6 nitrogen and oxygen atoms in total. The van der Waals surface area contributed by atoms with E-state index in [0.29, 0.717) is 18.8 Å². The SMILES string of the molecule is CCOC(=O)CN(CC)C(=O)c1cc(C)nn1C. The van der Waals surface area contributed by atoms with E-state index in [1.54, 1.807) is 20.0 Å². The molecule has 1 aromatic rings. The Hall–Kier alpha value is -1.85. The number of aryl methyl sites for hydroxylation is 2. The van der Waals surface area contributed by atoms with Gasteiger partial charge in [-0.1, -0.05) is 0 Å². The summed E-state index contributed by atoms with van der Waals surface area (Å²) >= 11 is 0. The maximum absolute atomic E-state index is 12.2. The second-order valence-corrected chi connectivity index (χ2v) is 3.92. The zero-order valence-electron chi connectivity index (χ0n) is 11.3. The zero-order valence-corrected chi connectivity index (χ0v) is 11.3. The van der Waals surface area contributed by atoms with Crippen molar-refractivity contribution < 1.29 is 14.3 Å². The van der Waals surface area contributed by atoms with Gasteiger partial charge in [-0.15, -0.1) is 0 Å². The first-order valence-electron chi connectivity index (χ1n) is 5.95. The van der Waals surface area contributed by atoms with Gasteiger partial charge in [0.25, 0.3) is 5.91 Å². The molecule has 0 fully saturated rings. The molecule has 0 atom stereocenters. The van der Waals surface area contributed by atoms with Gasteiger partial charge < -0.3 is 9.64 Å². The molecule has 0 saturated carbocycles. The third kappa shape index (κ3) is 3.32. The maximum atomic E-state index is 12.2. The summed E-state index contributed by atoms with van der Waals surface area (Å²) in [5, 5.41) is 4.12. The van der Waals surface area contributed by atoms with E-state index >= 15 is 0 Å². The van der Waals surface area contributed by atoms with Gasteiger partial charge in [-0.05, 0) is 26.8 Å². The molecule has 1 aromatic heterocycles. The van der Waals surface area contributed by atoms with Crippen LogP contribution in [0.3, 0.4) is 0 Å². The molecule has 0 radical (unpaired) electrons. The highest BCUT2D eigenvalue weighted by Gasteiger charge is 2.20. The lowest BCUT2D eigenvalue weighted by molar-refractivity contribution is -0.143. The third-order valence-corrected chi connectivity index (χ3v) is 2.52. The fourth-order valence-electron chi connectivity index (χ4n) is 1.66. The van der Waals surface area contributed by atoms with Gasteiger partial charge in [-0.25, -0.2) is 0 Å². The molecule has 0 aromatic carbocycles. The number of aromatic nitrogens is 2. The summed E-state index contributed by atoms with van der Waals surface area (Å²) < 4.78 is 6.36. The second kappa shape index (κ2) is 6.18. The molecule has 0 saturated heterocycles. The number of amides is 1. The van der Waals surface area contributed by atoms with E-state index in [2.05, 4.69) is 5.10 Å². The summed E-state index contributed by atoms with van der Waals surface area (Å²) in [7, 11) is 1.71. The van der Waals surface area contributed by atoms with Crippen LogP contribution in [0.25, 0.3) is 0 Å². The van der Waals surface area contributed by atoms with Crippen molar-refractivity contribution in [3.63, 3.8) is 0 Å². The molecule has 0 aliphatic heterocycles. The van der Waals surface area contributed by atoms with Crippen LogP contribution in [0.15, 0.2) is 6.07 Å². The lowest BCUT2D eigenvalue weighted by atomic mass is 10.3. The Kier molecular flexibility index (Phi) is 4.88.